The summed E-state index contributed by atoms with van der Waals surface area (Å²) < 4.78 is 22.3. The minimum Gasteiger partial charge on any atom is -0.316 e. The van der Waals surface area contributed by atoms with Crippen LogP contribution in [0.15, 0.2) is 0 Å². The van der Waals surface area contributed by atoms with Gasteiger partial charge in [0.05, 0.1) is 11.5 Å². The third kappa shape index (κ3) is 1.92. The monoisotopic (exact) mass is 211 g/mol. The van der Waals surface area contributed by atoms with Crippen molar-refractivity contribution in [3.63, 3.8) is 0 Å². The van der Waals surface area contributed by atoms with Crippen molar-refractivity contribution in [3.05, 3.63) is 0 Å². The second kappa shape index (κ2) is 3.52. The number of fused-ring (bicyclic) bond motifs is 1. The molecule has 72 valence electrons. The van der Waals surface area contributed by atoms with Gasteiger partial charge in [-0.1, -0.05) is 0 Å². The summed E-state index contributed by atoms with van der Waals surface area (Å²) in [6.45, 7) is 1.90. The minimum atomic E-state index is -2.67. The summed E-state index contributed by atoms with van der Waals surface area (Å²) in [6.07, 6.45) is 1.05. The summed E-state index contributed by atoms with van der Waals surface area (Å²) in [5, 5.41) is 3.23. The van der Waals surface area contributed by atoms with Gasteiger partial charge in [0, 0.05) is 0 Å². The molecule has 2 aliphatic rings. The van der Waals surface area contributed by atoms with Crippen LogP contribution in [0.4, 0.5) is 0 Å². The van der Waals surface area contributed by atoms with E-state index in [4.69, 9.17) is 0 Å². The van der Waals surface area contributed by atoms with Gasteiger partial charge in [-0.2, -0.15) is 0 Å². The highest BCUT2D eigenvalue weighted by molar-refractivity contribution is 7.91. The van der Waals surface area contributed by atoms with Crippen molar-refractivity contribution in [2.45, 2.75) is 6.42 Å². The number of hydrogen-bond acceptors (Lipinski definition) is 3. The lowest BCUT2D eigenvalue weighted by molar-refractivity contribution is 0.318. The predicted octanol–water partition coefficient (Wildman–Crippen LogP) is 0.0623. The maximum absolute atomic E-state index is 11.2. The third-order valence-electron chi connectivity index (χ3n) is 2.70. The lowest BCUT2D eigenvalue weighted by Gasteiger charge is -2.23. The second-order valence-electron chi connectivity index (χ2n) is 3.59. The number of hydrogen-bond donors (Lipinski definition) is 1. The van der Waals surface area contributed by atoms with E-state index < -0.39 is 9.84 Å². The van der Waals surface area contributed by atoms with Crippen LogP contribution in [0.2, 0.25) is 0 Å². The van der Waals surface area contributed by atoms with Gasteiger partial charge in [0.2, 0.25) is 0 Å². The first-order chi connectivity index (χ1) is 5.17. The maximum Gasteiger partial charge on any atom is 0.150 e. The average molecular weight is 212 g/mol. The number of piperidine rings is 1. The highest BCUT2D eigenvalue weighted by Gasteiger charge is 2.38. The molecule has 0 aromatic rings. The molecule has 3 nitrogen and oxygen atoms in total. The zero-order valence-electron chi connectivity index (χ0n) is 6.82. The van der Waals surface area contributed by atoms with E-state index in [-0.39, 0.29) is 12.4 Å². The second-order valence-corrected chi connectivity index (χ2v) is 5.74. The zero-order chi connectivity index (χ0) is 7.90. The van der Waals surface area contributed by atoms with E-state index in [1.807, 2.05) is 0 Å². The van der Waals surface area contributed by atoms with Crippen molar-refractivity contribution in [2.24, 2.45) is 11.8 Å². The van der Waals surface area contributed by atoms with E-state index in [2.05, 4.69) is 5.32 Å². The van der Waals surface area contributed by atoms with E-state index >= 15 is 0 Å². The Bertz CT molecular complexity index is 232. The van der Waals surface area contributed by atoms with Crippen molar-refractivity contribution in [1.29, 1.82) is 0 Å². The quantitative estimate of drug-likeness (QED) is 0.617. The number of halogens is 1. The fourth-order valence-corrected chi connectivity index (χ4v) is 4.38. The lowest BCUT2D eigenvalue weighted by atomic mass is 9.90. The van der Waals surface area contributed by atoms with Gasteiger partial charge in [-0.15, -0.1) is 12.4 Å². The SMILES string of the molecule is Cl.O=S1(=O)C[C@H]2CCNC[C@H]2C1. The van der Waals surface area contributed by atoms with E-state index in [1.165, 1.54) is 0 Å². The van der Waals surface area contributed by atoms with Gasteiger partial charge in [0.25, 0.3) is 0 Å². The van der Waals surface area contributed by atoms with Gasteiger partial charge in [-0.25, -0.2) is 8.42 Å². The van der Waals surface area contributed by atoms with E-state index in [0.29, 0.717) is 23.3 Å². The first-order valence-electron chi connectivity index (χ1n) is 4.08. The average Bonchev–Trinajstić information content (AvgIpc) is 2.21. The van der Waals surface area contributed by atoms with Crippen LogP contribution in [0.1, 0.15) is 6.42 Å². The molecule has 0 aromatic carbocycles. The standard InChI is InChI=1S/C7H13NO2S.ClH/c9-11(10)4-6-1-2-8-3-7(6)5-11;/h6-8H,1-5H2;1H/t6-,7+;/m1./s1. The summed E-state index contributed by atoms with van der Waals surface area (Å²) in [7, 11) is -2.67. The van der Waals surface area contributed by atoms with Crippen LogP contribution in [0.25, 0.3) is 0 Å². The van der Waals surface area contributed by atoms with Gasteiger partial charge in [-0.3, -0.25) is 0 Å². The molecule has 2 heterocycles. The van der Waals surface area contributed by atoms with Gasteiger partial charge >= 0.3 is 0 Å². The maximum atomic E-state index is 11.2. The zero-order valence-corrected chi connectivity index (χ0v) is 8.46. The molecule has 0 spiro atoms. The Hall–Kier alpha value is 0.200. The van der Waals surface area contributed by atoms with Crippen molar-refractivity contribution in [2.75, 3.05) is 24.6 Å². The van der Waals surface area contributed by atoms with E-state index in [9.17, 15) is 8.42 Å². The molecule has 0 saturated carbocycles. The molecule has 2 fully saturated rings. The molecule has 0 bridgehead atoms. The molecule has 2 atom stereocenters. The molecule has 0 aromatic heterocycles. The Morgan fingerprint density at radius 3 is 2.50 bits per heavy atom. The summed E-state index contributed by atoms with van der Waals surface area (Å²) in [5.74, 6) is 1.74. The Kier molecular flexibility index (Phi) is 3.01. The molecule has 2 rings (SSSR count). The first-order valence-corrected chi connectivity index (χ1v) is 5.91. The Morgan fingerprint density at radius 2 is 1.83 bits per heavy atom. The minimum absolute atomic E-state index is 0. The summed E-state index contributed by atoms with van der Waals surface area (Å²) >= 11 is 0. The van der Waals surface area contributed by atoms with Gasteiger partial charge in [0.1, 0.15) is 0 Å². The molecule has 12 heavy (non-hydrogen) atoms. The van der Waals surface area contributed by atoms with Crippen LogP contribution in [-0.4, -0.2) is 33.0 Å². The Labute approximate surface area is 79.2 Å². The molecule has 0 unspecified atom stereocenters. The fourth-order valence-electron chi connectivity index (χ4n) is 2.11. The van der Waals surface area contributed by atoms with Gasteiger partial charge in [0.15, 0.2) is 9.84 Å². The molecule has 2 aliphatic heterocycles. The number of sulfone groups is 1. The third-order valence-corrected chi connectivity index (χ3v) is 4.57. The topological polar surface area (TPSA) is 46.2 Å². The van der Waals surface area contributed by atoms with Crippen LogP contribution >= 0.6 is 12.4 Å². The molecular weight excluding hydrogens is 198 g/mol. The summed E-state index contributed by atoms with van der Waals surface area (Å²) in [5.41, 5.74) is 0. The molecular formula is C7H14ClNO2S. The molecule has 0 amide bonds. The van der Waals surface area contributed by atoms with E-state index in [1.54, 1.807) is 0 Å². The van der Waals surface area contributed by atoms with Crippen LogP contribution in [-0.2, 0) is 9.84 Å². The Morgan fingerprint density at radius 1 is 1.17 bits per heavy atom. The van der Waals surface area contributed by atoms with E-state index in [0.717, 1.165) is 19.5 Å². The van der Waals surface area contributed by atoms with Crippen LogP contribution in [0.3, 0.4) is 0 Å². The molecule has 0 radical (unpaired) electrons. The van der Waals surface area contributed by atoms with Crippen molar-refractivity contribution < 1.29 is 8.42 Å². The number of rotatable bonds is 0. The Balaban J connectivity index is 0.000000720. The van der Waals surface area contributed by atoms with Crippen LogP contribution in [0, 0.1) is 11.8 Å². The van der Waals surface area contributed by atoms with Gasteiger partial charge < -0.3 is 5.32 Å². The largest absolute Gasteiger partial charge is 0.316 e. The number of nitrogens with one attached hydrogen (secondary N) is 1. The normalized spacial score (nSPS) is 38.3. The van der Waals surface area contributed by atoms with Gasteiger partial charge in [-0.05, 0) is 31.3 Å². The fraction of sp³-hybridized carbons (Fsp3) is 1.00. The van der Waals surface area contributed by atoms with Crippen molar-refractivity contribution in [3.8, 4) is 0 Å². The first kappa shape index (κ1) is 10.3. The lowest BCUT2D eigenvalue weighted by Crippen LogP contribution is -2.35. The highest BCUT2D eigenvalue weighted by Crippen LogP contribution is 2.29. The predicted molar refractivity (Wildman–Crippen MR) is 50.4 cm³/mol. The van der Waals surface area contributed by atoms with Crippen molar-refractivity contribution in [1.82, 2.24) is 5.32 Å². The summed E-state index contributed by atoms with van der Waals surface area (Å²) in [6, 6.07) is 0. The molecule has 5 heteroatoms. The molecule has 2 saturated heterocycles. The van der Waals surface area contributed by atoms with Crippen LogP contribution in [0.5, 0.6) is 0 Å². The smallest absolute Gasteiger partial charge is 0.150 e. The molecule has 0 aliphatic carbocycles. The summed E-state index contributed by atoms with van der Waals surface area (Å²) in [4.78, 5) is 0. The molecule has 1 N–H and O–H groups in total. The van der Waals surface area contributed by atoms with Crippen LogP contribution < -0.4 is 5.32 Å². The van der Waals surface area contributed by atoms with Crippen molar-refractivity contribution >= 4 is 22.2 Å². The highest BCUT2D eigenvalue weighted by atomic mass is 35.5.